The molecule has 0 spiro atoms. The lowest BCUT2D eigenvalue weighted by Crippen LogP contribution is -2.08. The molecular weight excluding hydrogens is 286 g/mol. The number of hydrogen-bond donors (Lipinski definition) is 1. The number of halogens is 1. The molecule has 2 rings (SSSR count). The van der Waals surface area contributed by atoms with Gasteiger partial charge in [0, 0.05) is 5.56 Å². The predicted octanol–water partition coefficient (Wildman–Crippen LogP) is 4.17. The number of carbonyl (C=O) groups excluding carboxylic acids is 1. The maximum Gasteiger partial charge on any atom is 0.198 e. The smallest absolute Gasteiger partial charge is 0.198 e. The van der Waals surface area contributed by atoms with Crippen molar-refractivity contribution >= 4 is 23.1 Å². The molecule has 0 aliphatic heterocycles. The second kappa shape index (κ2) is 6.19. The van der Waals surface area contributed by atoms with Crippen LogP contribution in [0.2, 0.25) is 5.02 Å². The van der Waals surface area contributed by atoms with Crippen LogP contribution in [0.1, 0.15) is 34.0 Å². The van der Waals surface area contributed by atoms with Crippen LogP contribution in [0.4, 0.5) is 5.69 Å². The van der Waals surface area contributed by atoms with Gasteiger partial charge in [0.2, 0.25) is 0 Å². The molecule has 0 aliphatic carbocycles. The molecule has 2 aromatic rings. The zero-order valence-electron chi connectivity index (χ0n) is 12.4. The Morgan fingerprint density at radius 1 is 1.19 bits per heavy atom. The Morgan fingerprint density at radius 2 is 1.86 bits per heavy atom. The fourth-order valence-corrected chi connectivity index (χ4v) is 2.44. The predicted molar refractivity (Wildman–Crippen MR) is 86.4 cm³/mol. The molecule has 0 fully saturated rings. The minimum atomic E-state index is -0.182. The van der Waals surface area contributed by atoms with Crippen molar-refractivity contribution in [3.8, 4) is 5.75 Å². The summed E-state index contributed by atoms with van der Waals surface area (Å²) in [5.41, 5.74) is 9.32. The Labute approximate surface area is 129 Å². The summed E-state index contributed by atoms with van der Waals surface area (Å²) in [7, 11) is 0. The normalized spacial score (nSPS) is 10.5. The average Bonchev–Trinajstić information content (AvgIpc) is 2.44. The van der Waals surface area contributed by atoms with Gasteiger partial charge in [-0.05, 0) is 56.2 Å². The number of carbonyl (C=O) groups is 1. The highest BCUT2D eigenvalue weighted by Crippen LogP contribution is 2.31. The van der Waals surface area contributed by atoms with Gasteiger partial charge in [-0.15, -0.1) is 0 Å². The third kappa shape index (κ3) is 3.03. The van der Waals surface area contributed by atoms with Crippen molar-refractivity contribution in [1.82, 2.24) is 0 Å². The number of benzene rings is 2. The van der Waals surface area contributed by atoms with E-state index in [0.717, 1.165) is 11.1 Å². The van der Waals surface area contributed by atoms with Crippen molar-refractivity contribution in [3.63, 3.8) is 0 Å². The van der Waals surface area contributed by atoms with E-state index in [2.05, 4.69) is 0 Å². The molecule has 0 amide bonds. The van der Waals surface area contributed by atoms with Crippen LogP contribution in [0.15, 0.2) is 30.3 Å². The molecule has 21 heavy (non-hydrogen) atoms. The fraction of sp³-hybridized carbons (Fsp3) is 0.235. The number of nitrogens with two attached hydrogens (primary N) is 1. The van der Waals surface area contributed by atoms with Crippen LogP contribution < -0.4 is 10.5 Å². The zero-order valence-corrected chi connectivity index (χ0v) is 13.1. The van der Waals surface area contributed by atoms with Gasteiger partial charge in [-0.25, -0.2) is 0 Å². The van der Waals surface area contributed by atoms with Crippen LogP contribution in [0.25, 0.3) is 0 Å². The minimum absolute atomic E-state index is 0.182. The minimum Gasteiger partial charge on any atom is -0.491 e. The van der Waals surface area contributed by atoms with E-state index in [4.69, 9.17) is 22.1 Å². The lowest BCUT2D eigenvalue weighted by atomic mass is 9.98. The third-order valence-electron chi connectivity index (χ3n) is 3.41. The quantitative estimate of drug-likeness (QED) is 0.681. The molecular formula is C17H18ClNO2. The summed E-state index contributed by atoms with van der Waals surface area (Å²) >= 11 is 6.22. The van der Waals surface area contributed by atoms with E-state index in [1.807, 2.05) is 20.8 Å². The number of aryl methyl sites for hydroxylation is 2. The molecule has 0 radical (unpaired) electrons. The summed E-state index contributed by atoms with van der Waals surface area (Å²) in [6.07, 6.45) is 0. The van der Waals surface area contributed by atoms with E-state index in [0.29, 0.717) is 34.2 Å². The monoisotopic (exact) mass is 303 g/mol. The number of hydrogen-bond acceptors (Lipinski definition) is 3. The van der Waals surface area contributed by atoms with Gasteiger partial charge in [0.25, 0.3) is 0 Å². The van der Waals surface area contributed by atoms with Gasteiger partial charge in [0.15, 0.2) is 11.5 Å². The van der Waals surface area contributed by atoms with Gasteiger partial charge in [-0.2, -0.15) is 0 Å². The largest absolute Gasteiger partial charge is 0.491 e. The highest BCUT2D eigenvalue weighted by Gasteiger charge is 2.19. The summed E-state index contributed by atoms with van der Waals surface area (Å²) in [5.74, 6) is 0.234. The maximum absolute atomic E-state index is 12.8. The fourth-order valence-electron chi connectivity index (χ4n) is 2.14. The number of anilines is 1. The van der Waals surface area contributed by atoms with Gasteiger partial charge < -0.3 is 10.5 Å². The molecule has 0 saturated carbocycles. The molecule has 0 atom stereocenters. The summed E-state index contributed by atoms with van der Waals surface area (Å²) < 4.78 is 5.52. The SMILES string of the molecule is CCOc1c(N)cccc1C(=O)c1cc(C)c(C)cc1Cl. The first-order valence-electron chi connectivity index (χ1n) is 6.78. The lowest BCUT2D eigenvalue weighted by Gasteiger charge is -2.13. The summed E-state index contributed by atoms with van der Waals surface area (Å²) in [5, 5.41) is 0.438. The van der Waals surface area contributed by atoms with Crippen LogP contribution in [0, 0.1) is 13.8 Å². The topological polar surface area (TPSA) is 52.3 Å². The van der Waals surface area contributed by atoms with E-state index in [1.165, 1.54) is 0 Å². The number of ketones is 1. The first kappa shape index (κ1) is 15.4. The average molecular weight is 304 g/mol. The molecule has 0 saturated heterocycles. The van der Waals surface area contributed by atoms with Crippen molar-refractivity contribution in [3.05, 3.63) is 57.6 Å². The van der Waals surface area contributed by atoms with Crippen molar-refractivity contribution in [2.75, 3.05) is 12.3 Å². The highest BCUT2D eigenvalue weighted by molar-refractivity contribution is 6.35. The van der Waals surface area contributed by atoms with E-state index >= 15 is 0 Å². The Bertz CT molecular complexity index is 695. The van der Waals surface area contributed by atoms with Crippen LogP contribution in [-0.4, -0.2) is 12.4 Å². The number of rotatable bonds is 4. The maximum atomic E-state index is 12.8. The molecule has 3 nitrogen and oxygen atoms in total. The molecule has 110 valence electrons. The number of ether oxygens (including phenoxy) is 1. The summed E-state index contributed by atoms with van der Waals surface area (Å²) in [6, 6.07) is 8.76. The van der Waals surface area contributed by atoms with Crippen molar-refractivity contribution in [1.29, 1.82) is 0 Å². The summed E-state index contributed by atoms with van der Waals surface area (Å²) in [6.45, 7) is 6.20. The molecule has 0 aliphatic rings. The Morgan fingerprint density at radius 3 is 2.52 bits per heavy atom. The molecule has 0 unspecified atom stereocenters. The Kier molecular flexibility index (Phi) is 4.53. The summed E-state index contributed by atoms with van der Waals surface area (Å²) in [4.78, 5) is 12.8. The second-order valence-electron chi connectivity index (χ2n) is 4.90. The molecule has 4 heteroatoms. The van der Waals surface area contributed by atoms with E-state index in [-0.39, 0.29) is 5.78 Å². The molecule has 2 N–H and O–H groups in total. The van der Waals surface area contributed by atoms with Gasteiger partial charge in [0.05, 0.1) is 22.9 Å². The van der Waals surface area contributed by atoms with Crippen LogP contribution in [-0.2, 0) is 0 Å². The van der Waals surface area contributed by atoms with Gasteiger partial charge in [0.1, 0.15) is 0 Å². The molecule has 0 aromatic heterocycles. The Hall–Kier alpha value is -2.00. The second-order valence-corrected chi connectivity index (χ2v) is 5.31. The molecule has 0 heterocycles. The highest BCUT2D eigenvalue weighted by atomic mass is 35.5. The van der Waals surface area contributed by atoms with Gasteiger partial charge >= 0.3 is 0 Å². The van der Waals surface area contributed by atoms with Crippen molar-refractivity contribution in [2.45, 2.75) is 20.8 Å². The first-order valence-corrected chi connectivity index (χ1v) is 7.16. The van der Waals surface area contributed by atoms with Gasteiger partial charge in [-0.1, -0.05) is 17.7 Å². The number of para-hydroxylation sites is 1. The molecule has 2 aromatic carbocycles. The van der Waals surface area contributed by atoms with Crippen LogP contribution in [0.3, 0.4) is 0 Å². The van der Waals surface area contributed by atoms with E-state index in [9.17, 15) is 4.79 Å². The first-order chi connectivity index (χ1) is 9.95. The van der Waals surface area contributed by atoms with Crippen molar-refractivity contribution < 1.29 is 9.53 Å². The standard InChI is InChI=1S/C17H18ClNO2/c1-4-21-17-12(6-5-7-15(17)19)16(20)13-8-10(2)11(3)9-14(13)18/h5-9H,4,19H2,1-3H3. The van der Waals surface area contributed by atoms with Crippen LogP contribution in [0.5, 0.6) is 5.75 Å². The zero-order chi connectivity index (χ0) is 15.6. The molecule has 0 bridgehead atoms. The van der Waals surface area contributed by atoms with E-state index in [1.54, 1.807) is 30.3 Å². The Balaban J connectivity index is 2.55. The lowest BCUT2D eigenvalue weighted by molar-refractivity contribution is 0.103. The van der Waals surface area contributed by atoms with Crippen molar-refractivity contribution in [2.24, 2.45) is 0 Å². The third-order valence-corrected chi connectivity index (χ3v) is 3.72. The van der Waals surface area contributed by atoms with Crippen LogP contribution >= 0.6 is 11.6 Å². The number of nitrogen functional groups attached to an aromatic ring is 1. The van der Waals surface area contributed by atoms with E-state index < -0.39 is 0 Å². The van der Waals surface area contributed by atoms with Gasteiger partial charge in [-0.3, -0.25) is 4.79 Å².